The van der Waals surface area contributed by atoms with Gasteiger partial charge in [0.15, 0.2) is 5.96 Å². The largest absolute Gasteiger partial charge is 0.481 e. The Kier molecular flexibility index (Phi) is 8.98. The van der Waals surface area contributed by atoms with E-state index < -0.39 is 0 Å². The smallest absolute Gasteiger partial charge is 0.213 e. The summed E-state index contributed by atoms with van der Waals surface area (Å²) in [6, 6.07) is 3.85. The Balaban J connectivity index is 0.00000288. The van der Waals surface area contributed by atoms with Crippen LogP contribution in [0.1, 0.15) is 21.1 Å². The maximum absolute atomic E-state index is 5.12. The summed E-state index contributed by atoms with van der Waals surface area (Å²) < 4.78 is 5.12. The zero-order chi connectivity index (χ0) is 16.7. The highest BCUT2D eigenvalue weighted by Gasteiger charge is 2.04. The predicted octanol–water partition coefficient (Wildman–Crippen LogP) is 2.69. The van der Waals surface area contributed by atoms with Crippen molar-refractivity contribution in [2.24, 2.45) is 4.99 Å². The van der Waals surface area contributed by atoms with Crippen molar-refractivity contribution in [1.82, 2.24) is 20.6 Å². The zero-order valence-electron chi connectivity index (χ0n) is 14.4. The fourth-order valence-corrected chi connectivity index (χ4v) is 2.95. The minimum atomic E-state index is 0. The van der Waals surface area contributed by atoms with Crippen LogP contribution in [0.25, 0.3) is 0 Å². The number of aryl methyl sites for hydroxylation is 2. The molecule has 2 heterocycles. The summed E-state index contributed by atoms with van der Waals surface area (Å²) in [7, 11) is 3.38. The van der Waals surface area contributed by atoms with E-state index in [1.54, 1.807) is 31.7 Å². The molecule has 0 atom stereocenters. The quantitative estimate of drug-likeness (QED) is 0.393. The first kappa shape index (κ1) is 20.6. The monoisotopic (exact) mass is 461 g/mol. The molecular weight excluding hydrogens is 437 g/mol. The Morgan fingerprint density at radius 1 is 1.33 bits per heavy atom. The Morgan fingerprint density at radius 2 is 2.12 bits per heavy atom. The van der Waals surface area contributed by atoms with Crippen molar-refractivity contribution < 1.29 is 4.74 Å². The molecule has 132 valence electrons. The Bertz CT molecular complexity index is 655. The third kappa shape index (κ3) is 6.23. The van der Waals surface area contributed by atoms with Crippen LogP contribution in [0.5, 0.6) is 5.88 Å². The lowest BCUT2D eigenvalue weighted by molar-refractivity contribution is 0.397. The molecule has 0 aliphatic rings. The summed E-state index contributed by atoms with van der Waals surface area (Å²) in [5, 5.41) is 7.74. The van der Waals surface area contributed by atoms with Gasteiger partial charge in [-0.05, 0) is 25.5 Å². The molecule has 0 bridgehead atoms. The zero-order valence-corrected chi connectivity index (χ0v) is 17.6. The number of halogens is 1. The second-order valence-corrected chi connectivity index (χ2v) is 6.35. The van der Waals surface area contributed by atoms with Crippen molar-refractivity contribution >= 4 is 41.3 Å². The van der Waals surface area contributed by atoms with Gasteiger partial charge in [0.2, 0.25) is 5.88 Å². The highest BCUT2D eigenvalue weighted by Crippen LogP contribution is 2.16. The van der Waals surface area contributed by atoms with Crippen LogP contribution in [0, 0.1) is 13.8 Å². The fraction of sp³-hybridized carbons (Fsp3) is 0.438. The maximum atomic E-state index is 5.12. The highest BCUT2D eigenvalue weighted by molar-refractivity contribution is 14.0. The van der Waals surface area contributed by atoms with Crippen molar-refractivity contribution in [3.63, 3.8) is 0 Å². The van der Waals surface area contributed by atoms with Crippen molar-refractivity contribution in [2.45, 2.75) is 26.8 Å². The number of nitrogens with one attached hydrogen (secondary N) is 2. The number of methoxy groups -OCH3 is 1. The van der Waals surface area contributed by atoms with E-state index in [9.17, 15) is 0 Å². The summed E-state index contributed by atoms with van der Waals surface area (Å²) >= 11 is 1.76. The number of guanidine groups is 1. The van der Waals surface area contributed by atoms with E-state index in [1.165, 1.54) is 4.88 Å². The first-order valence-corrected chi connectivity index (χ1v) is 8.30. The topological polar surface area (TPSA) is 71.4 Å². The Hall–Kier alpha value is -1.42. The first-order valence-electron chi connectivity index (χ1n) is 7.48. The summed E-state index contributed by atoms with van der Waals surface area (Å²) in [5.74, 6) is 1.38. The van der Waals surface area contributed by atoms with Crippen molar-refractivity contribution in [2.75, 3.05) is 20.7 Å². The van der Waals surface area contributed by atoms with Gasteiger partial charge in [0.1, 0.15) is 0 Å². The van der Waals surface area contributed by atoms with Gasteiger partial charge in [0.05, 0.1) is 17.8 Å². The van der Waals surface area contributed by atoms with E-state index in [1.807, 2.05) is 19.1 Å². The highest BCUT2D eigenvalue weighted by atomic mass is 127. The summed E-state index contributed by atoms with van der Waals surface area (Å²) in [6.07, 6.45) is 2.63. The van der Waals surface area contributed by atoms with Gasteiger partial charge in [0, 0.05) is 43.7 Å². The normalized spacial score (nSPS) is 10.9. The number of hydrogen-bond acceptors (Lipinski definition) is 5. The van der Waals surface area contributed by atoms with Crippen LogP contribution in [-0.2, 0) is 13.0 Å². The van der Waals surface area contributed by atoms with Gasteiger partial charge in [0.25, 0.3) is 0 Å². The van der Waals surface area contributed by atoms with Gasteiger partial charge in [-0.15, -0.1) is 35.3 Å². The standard InChI is InChI=1S/C16H23N5OS.HI/c1-11-12(2)23-15(21-11)6-8-19-16(17-3)20-10-13-5-7-18-14(9-13)22-4;/h5,7,9H,6,8,10H2,1-4H3,(H2,17,19,20);1H. The van der Waals surface area contributed by atoms with Crippen molar-refractivity contribution in [3.8, 4) is 5.88 Å². The van der Waals surface area contributed by atoms with Crippen LogP contribution in [0.2, 0.25) is 0 Å². The van der Waals surface area contributed by atoms with E-state index in [-0.39, 0.29) is 24.0 Å². The van der Waals surface area contributed by atoms with Crippen LogP contribution in [0.4, 0.5) is 0 Å². The first-order chi connectivity index (χ1) is 11.1. The number of thiazole rings is 1. The Morgan fingerprint density at radius 3 is 2.75 bits per heavy atom. The molecule has 2 N–H and O–H groups in total. The molecule has 0 saturated heterocycles. The minimum Gasteiger partial charge on any atom is -0.481 e. The second kappa shape index (κ2) is 10.4. The summed E-state index contributed by atoms with van der Waals surface area (Å²) in [4.78, 5) is 14.2. The van der Waals surface area contributed by atoms with Gasteiger partial charge in [-0.1, -0.05) is 0 Å². The molecule has 0 fully saturated rings. The van der Waals surface area contributed by atoms with E-state index in [2.05, 4.69) is 32.5 Å². The molecule has 0 unspecified atom stereocenters. The molecule has 24 heavy (non-hydrogen) atoms. The fourth-order valence-electron chi connectivity index (χ4n) is 2.01. The number of hydrogen-bond donors (Lipinski definition) is 2. The number of nitrogens with zero attached hydrogens (tertiary/aromatic N) is 3. The van der Waals surface area contributed by atoms with Crippen molar-refractivity contribution in [1.29, 1.82) is 0 Å². The number of aromatic nitrogens is 2. The molecule has 6 nitrogen and oxygen atoms in total. The van der Waals surface area contributed by atoms with Crippen LogP contribution in [0.15, 0.2) is 23.3 Å². The lowest BCUT2D eigenvalue weighted by atomic mass is 10.2. The van der Waals surface area contributed by atoms with Gasteiger partial charge in [-0.2, -0.15) is 0 Å². The molecule has 2 aromatic heterocycles. The number of pyridine rings is 1. The average molecular weight is 461 g/mol. The van der Waals surface area contributed by atoms with E-state index in [4.69, 9.17) is 4.74 Å². The molecule has 2 aromatic rings. The minimum absolute atomic E-state index is 0. The Labute approximate surface area is 164 Å². The summed E-state index contributed by atoms with van der Waals surface area (Å²) in [6.45, 7) is 5.61. The lowest BCUT2D eigenvalue weighted by Gasteiger charge is -2.11. The third-order valence-electron chi connectivity index (χ3n) is 3.40. The number of ether oxygens (including phenoxy) is 1. The van der Waals surface area contributed by atoms with Crippen LogP contribution in [0.3, 0.4) is 0 Å². The lowest BCUT2D eigenvalue weighted by Crippen LogP contribution is -2.37. The second-order valence-electron chi connectivity index (χ2n) is 5.06. The van der Waals surface area contributed by atoms with Gasteiger partial charge >= 0.3 is 0 Å². The van der Waals surface area contributed by atoms with Gasteiger partial charge < -0.3 is 15.4 Å². The molecule has 0 aliphatic carbocycles. The molecule has 0 radical (unpaired) electrons. The molecule has 8 heteroatoms. The third-order valence-corrected chi connectivity index (χ3v) is 4.53. The number of aliphatic imine (C=N–C) groups is 1. The molecule has 0 amide bonds. The van der Waals surface area contributed by atoms with Gasteiger partial charge in [-0.3, -0.25) is 4.99 Å². The van der Waals surface area contributed by atoms with E-state index in [0.717, 1.165) is 35.2 Å². The van der Waals surface area contributed by atoms with E-state index in [0.29, 0.717) is 12.4 Å². The summed E-state index contributed by atoms with van der Waals surface area (Å²) in [5.41, 5.74) is 2.21. The van der Waals surface area contributed by atoms with Gasteiger partial charge in [-0.25, -0.2) is 9.97 Å². The molecule has 0 spiro atoms. The van der Waals surface area contributed by atoms with E-state index >= 15 is 0 Å². The molecule has 0 aromatic carbocycles. The van der Waals surface area contributed by atoms with Crippen LogP contribution in [-0.4, -0.2) is 36.6 Å². The molecule has 0 aliphatic heterocycles. The SMILES string of the molecule is CN=C(NCCc1nc(C)c(C)s1)NCc1ccnc(OC)c1.I. The molecule has 0 saturated carbocycles. The van der Waals surface area contributed by atoms with Crippen LogP contribution >= 0.6 is 35.3 Å². The maximum Gasteiger partial charge on any atom is 0.213 e. The van der Waals surface area contributed by atoms with Crippen LogP contribution < -0.4 is 15.4 Å². The molecular formula is C16H24IN5OS. The van der Waals surface area contributed by atoms with Crippen molar-refractivity contribution in [3.05, 3.63) is 39.5 Å². The average Bonchev–Trinajstić information content (AvgIpc) is 2.89. The molecule has 2 rings (SSSR count). The number of rotatable bonds is 6. The predicted molar refractivity (Wildman–Crippen MR) is 110 cm³/mol.